The molecule has 0 N–H and O–H groups in total. The van der Waals surface area contributed by atoms with Crippen LogP contribution in [0.3, 0.4) is 0 Å². The van der Waals surface area contributed by atoms with Crippen LogP contribution in [0.15, 0.2) is 25.3 Å². The van der Waals surface area contributed by atoms with E-state index in [0.717, 1.165) is 12.2 Å². The molecule has 0 unspecified atom stereocenters. The van der Waals surface area contributed by atoms with Crippen LogP contribution in [-0.2, 0) is 26.7 Å². The van der Waals surface area contributed by atoms with Crippen LogP contribution >= 0.6 is 0 Å². The fourth-order valence-corrected chi connectivity index (χ4v) is 0. The van der Waals surface area contributed by atoms with Crippen molar-refractivity contribution in [2.75, 3.05) is 0 Å². The number of aliphatic carboxylic acids is 2. The summed E-state index contributed by atoms with van der Waals surface area (Å²) in [6.45, 7) is 5.80. The summed E-state index contributed by atoms with van der Waals surface area (Å²) in [6, 6.07) is 0. The molecule has 0 aromatic carbocycles. The molecular formula is C6H7KMnO4. The van der Waals surface area contributed by atoms with E-state index in [2.05, 4.69) is 13.2 Å². The van der Waals surface area contributed by atoms with Gasteiger partial charge in [-0.15, -0.1) is 0 Å². The Labute approximate surface area is 124 Å². The molecule has 12 heavy (non-hydrogen) atoms. The van der Waals surface area contributed by atoms with Crippen molar-refractivity contribution in [3.63, 3.8) is 0 Å². The standard InChI is InChI=1S/2C3H4O2.K.Mn.H/c2*1-2-3(4)5;;;/h2*2H,1H2,(H,4,5);;;/q;;;+2;/p-2. The average molecular weight is 237 g/mol. The van der Waals surface area contributed by atoms with E-state index in [-0.39, 0.29) is 68.5 Å². The molecule has 0 aliphatic heterocycles. The molecule has 6 heteroatoms. The van der Waals surface area contributed by atoms with Crippen molar-refractivity contribution in [2.24, 2.45) is 0 Å². The van der Waals surface area contributed by atoms with Crippen LogP contribution in [0.1, 0.15) is 0 Å². The second-order valence-corrected chi connectivity index (χ2v) is 1.05. The molecule has 4 nitrogen and oxygen atoms in total. The van der Waals surface area contributed by atoms with Gasteiger partial charge in [0.2, 0.25) is 0 Å². The smallest absolute Gasteiger partial charge is 2.00 e. The van der Waals surface area contributed by atoms with Gasteiger partial charge in [-0.25, -0.2) is 0 Å². The van der Waals surface area contributed by atoms with Crippen molar-refractivity contribution in [2.45, 2.75) is 0 Å². The predicted molar refractivity (Wildman–Crippen MR) is 37.6 cm³/mol. The summed E-state index contributed by atoms with van der Waals surface area (Å²) in [5.74, 6) is -2.46. The monoisotopic (exact) mass is 237 g/mol. The van der Waals surface area contributed by atoms with E-state index in [9.17, 15) is 0 Å². The van der Waals surface area contributed by atoms with Crippen molar-refractivity contribution >= 4 is 63.3 Å². The average Bonchev–Trinajstić information content (AvgIpc) is 1.89. The Morgan fingerprint density at radius 1 is 1.00 bits per heavy atom. The molecule has 0 aromatic rings. The topological polar surface area (TPSA) is 80.3 Å². The summed E-state index contributed by atoms with van der Waals surface area (Å²) in [5, 5.41) is 18.3. The predicted octanol–water partition coefficient (Wildman–Crippen LogP) is -2.81. The molecule has 0 fully saturated rings. The second kappa shape index (κ2) is 17.6. The fraction of sp³-hybridized carbons (Fsp3) is 0. The van der Waals surface area contributed by atoms with Gasteiger partial charge >= 0.3 is 68.5 Å². The number of hydrogen-bond acceptors (Lipinski definition) is 4. The van der Waals surface area contributed by atoms with Crippen LogP contribution in [0.2, 0.25) is 0 Å². The van der Waals surface area contributed by atoms with Crippen molar-refractivity contribution in [3.8, 4) is 0 Å². The van der Waals surface area contributed by atoms with Crippen LogP contribution in [-0.4, -0.2) is 63.3 Å². The summed E-state index contributed by atoms with van der Waals surface area (Å²) in [5.41, 5.74) is 0. The summed E-state index contributed by atoms with van der Waals surface area (Å²) < 4.78 is 0. The molecule has 0 aliphatic rings. The van der Waals surface area contributed by atoms with Gasteiger partial charge in [-0.2, -0.15) is 0 Å². The SMILES string of the molecule is C=CC(=O)[O-].C=CC(=O)[O-].[KH].[Mn+2]. The summed E-state index contributed by atoms with van der Waals surface area (Å²) in [7, 11) is 0. The minimum absolute atomic E-state index is 0. The molecule has 0 rings (SSSR count). The third-order valence-corrected chi connectivity index (χ3v) is 0.333. The maximum absolute atomic E-state index is 9.14. The molecule has 0 heterocycles. The molecule has 0 bridgehead atoms. The summed E-state index contributed by atoms with van der Waals surface area (Å²) in [4.78, 5) is 18.3. The first-order valence-electron chi connectivity index (χ1n) is 2.21. The van der Waals surface area contributed by atoms with Crippen LogP contribution in [0.5, 0.6) is 0 Å². The Bertz CT molecular complexity index is 140. The quantitative estimate of drug-likeness (QED) is 0.383. The molecule has 0 aliphatic carbocycles. The first-order chi connectivity index (χ1) is 4.54. The largest absolute Gasteiger partial charge is 2.00 e. The van der Waals surface area contributed by atoms with Crippen LogP contribution < -0.4 is 10.2 Å². The Morgan fingerprint density at radius 3 is 1.08 bits per heavy atom. The van der Waals surface area contributed by atoms with E-state index in [0.29, 0.717) is 0 Å². The number of rotatable bonds is 2. The van der Waals surface area contributed by atoms with Crippen LogP contribution in [0.25, 0.3) is 0 Å². The van der Waals surface area contributed by atoms with E-state index in [1.54, 1.807) is 0 Å². The van der Waals surface area contributed by atoms with Gasteiger partial charge in [-0.05, 0) is 12.2 Å². The number of carbonyl (C=O) groups is 2. The summed E-state index contributed by atoms with van der Waals surface area (Å²) >= 11 is 0. The Kier molecular flexibility index (Phi) is 33.6. The Morgan fingerprint density at radius 2 is 1.08 bits per heavy atom. The number of hydrogen-bond donors (Lipinski definition) is 0. The van der Waals surface area contributed by atoms with Gasteiger partial charge in [0.1, 0.15) is 0 Å². The first kappa shape index (κ1) is 22.9. The Balaban J connectivity index is -0.0000000457. The van der Waals surface area contributed by atoms with Crippen molar-refractivity contribution in [3.05, 3.63) is 25.3 Å². The molecule has 0 amide bonds. The third kappa shape index (κ3) is 46.3. The van der Waals surface area contributed by atoms with Crippen molar-refractivity contribution in [1.82, 2.24) is 0 Å². The molecule has 0 saturated heterocycles. The maximum atomic E-state index is 9.14. The van der Waals surface area contributed by atoms with Crippen LogP contribution in [0.4, 0.5) is 0 Å². The van der Waals surface area contributed by atoms with Crippen molar-refractivity contribution < 1.29 is 36.9 Å². The molecule has 63 valence electrons. The zero-order valence-electron chi connectivity index (χ0n) is 5.58. The van der Waals surface area contributed by atoms with Gasteiger partial charge in [0.15, 0.2) is 0 Å². The van der Waals surface area contributed by atoms with Gasteiger partial charge in [0, 0.05) is 0 Å². The van der Waals surface area contributed by atoms with E-state index in [1.165, 1.54) is 0 Å². The van der Waals surface area contributed by atoms with Gasteiger partial charge in [-0.1, -0.05) is 13.2 Å². The van der Waals surface area contributed by atoms with Crippen molar-refractivity contribution in [1.29, 1.82) is 0 Å². The second-order valence-electron chi connectivity index (χ2n) is 1.05. The molecule has 0 atom stereocenters. The van der Waals surface area contributed by atoms with Gasteiger partial charge in [0.05, 0.1) is 11.9 Å². The van der Waals surface area contributed by atoms with E-state index in [4.69, 9.17) is 19.8 Å². The number of carbonyl (C=O) groups excluding carboxylic acids is 2. The van der Waals surface area contributed by atoms with E-state index < -0.39 is 11.9 Å². The molecule has 0 spiro atoms. The zero-order valence-corrected chi connectivity index (χ0v) is 6.76. The molecule has 0 saturated carbocycles. The van der Waals surface area contributed by atoms with E-state index >= 15 is 0 Å². The van der Waals surface area contributed by atoms with Crippen LogP contribution in [0, 0.1) is 0 Å². The third-order valence-electron chi connectivity index (χ3n) is 0.333. The number of carboxylic acid groups (broad SMARTS) is 2. The molecule has 0 aromatic heterocycles. The van der Waals surface area contributed by atoms with Gasteiger partial charge < -0.3 is 19.8 Å². The Hall–Kier alpha value is 0.576. The van der Waals surface area contributed by atoms with E-state index in [1.807, 2.05) is 0 Å². The molecule has 1 radical (unpaired) electrons. The fourth-order valence-electron chi connectivity index (χ4n) is 0. The molecular weight excluding hydrogens is 230 g/mol. The summed E-state index contributed by atoms with van der Waals surface area (Å²) in [6.07, 6.45) is 1.44. The number of carboxylic acids is 2. The maximum Gasteiger partial charge on any atom is 2.00 e. The zero-order chi connectivity index (χ0) is 8.57. The minimum atomic E-state index is -1.23. The van der Waals surface area contributed by atoms with Gasteiger partial charge in [0.25, 0.3) is 0 Å². The van der Waals surface area contributed by atoms with Gasteiger partial charge in [-0.3, -0.25) is 0 Å². The minimum Gasteiger partial charge on any atom is 2.00 e. The first-order valence-corrected chi connectivity index (χ1v) is 2.21. The normalized spacial score (nSPS) is 5.33.